The highest BCUT2D eigenvalue weighted by molar-refractivity contribution is 6.23. The molecule has 5 heteroatoms. The fraction of sp³-hybridized carbons (Fsp3) is 0. The van der Waals surface area contributed by atoms with E-state index in [4.69, 9.17) is 18.8 Å². The standard InChI is InChI=1S/C59H37N3O2/c60-58(42-28-26-38-25-27-41(33-44(38)34-42)47-20-11-23-54-56(47)51-35-40(30-32-53(51)64-54)37-13-3-1-4-14-37)62-59(50-21-12-24-55-57(50)49-19-9-10-22-52(49)63-55)61-36-43-29-31-46(39-15-5-2-6-16-39)48-18-8-7-17-45(43)48/h1-36,60H. The van der Waals surface area contributed by atoms with Crippen LogP contribution in [-0.4, -0.2) is 17.9 Å². The van der Waals surface area contributed by atoms with Gasteiger partial charge >= 0.3 is 0 Å². The molecule has 12 aromatic rings. The van der Waals surface area contributed by atoms with Crippen LogP contribution in [0.4, 0.5) is 0 Å². The number of para-hydroxylation sites is 1. The molecule has 0 aliphatic carbocycles. The maximum Gasteiger partial charge on any atom is 0.162 e. The summed E-state index contributed by atoms with van der Waals surface area (Å²) in [5, 5.41) is 17.9. The minimum Gasteiger partial charge on any atom is -0.456 e. The first-order chi connectivity index (χ1) is 31.6. The predicted molar refractivity (Wildman–Crippen MR) is 266 cm³/mol. The molecule has 0 atom stereocenters. The molecule has 0 radical (unpaired) electrons. The van der Waals surface area contributed by atoms with Crippen LogP contribution in [0.1, 0.15) is 16.7 Å². The maximum absolute atomic E-state index is 9.55. The van der Waals surface area contributed by atoms with Crippen molar-refractivity contribution >= 4 is 83.3 Å². The molecule has 1 N–H and O–H groups in total. The first kappa shape index (κ1) is 37.1. The summed E-state index contributed by atoms with van der Waals surface area (Å²) in [4.78, 5) is 10.2. The second kappa shape index (κ2) is 15.4. The number of furan rings is 2. The number of hydrogen-bond donors (Lipinski definition) is 1. The molecular weight excluding hydrogens is 783 g/mol. The van der Waals surface area contributed by atoms with Crippen molar-refractivity contribution in [2.24, 2.45) is 9.98 Å². The molecule has 0 aliphatic heterocycles. The normalized spacial score (nSPS) is 12.2. The van der Waals surface area contributed by atoms with Crippen LogP contribution in [-0.2, 0) is 0 Å². The SMILES string of the molecule is N=C(N=C(N=Cc1ccc(-c2ccccc2)c2ccccc12)c1cccc2oc3ccccc3c12)c1ccc2ccc(-c3cccc4oc5ccc(-c6ccccc6)cc5c34)cc2c1. The highest BCUT2D eigenvalue weighted by Crippen LogP contribution is 2.40. The second-order valence-corrected chi connectivity index (χ2v) is 16.1. The van der Waals surface area contributed by atoms with Gasteiger partial charge in [0.2, 0.25) is 0 Å². The molecule has 0 unspecified atom stereocenters. The van der Waals surface area contributed by atoms with E-state index in [0.29, 0.717) is 11.4 Å². The van der Waals surface area contributed by atoms with Gasteiger partial charge in [0.15, 0.2) is 11.7 Å². The van der Waals surface area contributed by atoms with Crippen LogP contribution in [0, 0.1) is 5.41 Å². The monoisotopic (exact) mass is 819 g/mol. The average molecular weight is 820 g/mol. The van der Waals surface area contributed by atoms with Crippen molar-refractivity contribution in [3.05, 3.63) is 229 Å². The number of amidine groups is 2. The van der Waals surface area contributed by atoms with Crippen molar-refractivity contribution in [3.63, 3.8) is 0 Å². The van der Waals surface area contributed by atoms with Gasteiger partial charge in [-0.25, -0.2) is 9.98 Å². The Balaban J connectivity index is 0.969. The van der Waals surface area contributed by atoms with E-state index < -0.39 is 0 Å². The molecule has 0 aliphatic rings. The van der Waals surface area contributed by atoms with Gasteiger partial charge < -0.3 is 8.83 Å². The lowest BCUT2D eigenvalue weighted by atomic mass is 9.95. The molecule has 12 rings (SSSR count). The Morgan fingerprint density at radius 3 is 1.89 bits per heavy atom. The molecule has 10 aromatic carbocycles. The van der Waals surface area contributed by atoms with Crippen molar-refractivity contribution in [1.82, 2.24) is 0 Å². The Labute approximate surface area is 368 Å². The van der Waals surface area contributed by atoms with Gasteiger partial charge in [-0.1, -0.05) is 170 Å². The van der Waals surface area contributed by atoms with Crippen LogP contribution in [0.2, 0.25) is 0 Å². The van der Waals surface area contributed by atoms with E-state index in [0.717, 1.165) is 110 Å². The second-order valence-electron chi connectivity index (χ2n) is 16.1. The summed E-state index contributed by atoms with van der Waals surface area (Å²) in [6, 6.07) is 72.8. The number of hydrogen-bond acceptors (Lipinski definition) is 3. The number of benzene rings is 10. The molecule has 0 bridgehead atoms. The first-order valence-electron chi connectivity index (χ1n) is 21.4. The highest BCUT2D eigenvalue weighted by atomic mass is 16.3. The topological polar surface area (TPSA) is 74.8 Å². The zero-order valence-corrected chi connectivity index (χ0v) is 34.5. The van der Waals surface area contributed by atoms with E-state index in [1.165, 1.54) is 0 Å². The summed E-state index contributed by atoms with van der Waals surface area (Å²) < 4.78 is 12.7. The van der Waals surface area contributed by atoms with Crippen molar-refractivity contribution in [1.29, 1.82) is 5.41 Å². The predicted octanol–water partition coefficient (Wildman–Crippen LogP) is 15.7. The Morgan fingerprint density at radius 1 is 0.406 bits per heavy atom. The molecule has 0 saturated heterocycles. The zero-order chi connectivity index (χ0) is 42.6. The van der Waals surface area contributed by atoms with E-state index in [9.17, 15) is 5.41 Å². The molecule has 0 fully saturated rings. The smallest absolute Gasteiger partial charge is 0.162 e. The molecule has 0 spiro atoms. The molecule has 64 heavy (non-hydrogen) atoms. The molecule has 300 valence electrons. The summed E-state index contributed by atoms with van der Waals surface area (Å²) in [6.45, 7) is 0. The van der Waals surface area contributed by atoms with Crippen LogP contribution in [0.15, 0.2) is 231 Å². The van der Waals surface area contributed by atoms with Crippen LogP contribution in [0.25, 0.3) is 98.8 Å². The van der Waals surface area contributed by atoms with Gasteiger partial charge in [-0.05, 0) is 97.4 Å². The molecule has 2 aromatic heterocycles. The van der Waals surface area contributed by atoms with E-state index >= 15 is 0 Å². The fourth-order valence-electron chi connectivity index (χ4n) is 9.16. The molecule has 5 nitrogen and oxygen atoms in total. The number of aliphatic imine (C=N–C) groups is 2. The number of nitrogens with one attached hydrogen (secondary N) is 1. The fourth-order valence-corrected chi connectivity index (χ4v) is 9.16. The van der Waals surface area contributed by atoms with Crippen LogP contribution in [0.3, 0.4) is 0 Å². The van der Waals surface area contributed by atoms with Crippen LogP contribution >= 0.6 is 0 Å². The van der Waals surface area contributed by atoms with E-state index in [-0.39, 0.29) is 5.84 Å². The summed E-state index contributed by atoms with van der Waals surface area (Å²) >= 11 is 0. The largest absolute Gasteiger partial charge is 0.456 e. The zero-order valence-electron chi connectivity index (χ0n) is 34.5. The van der Waals surface area contributed by atoms with E-state index in [1.54, 1.807) is 0 Å². The highest BCUT2D eigenvalue weighted by Gasteiger charge is 2.18. The lowest BCUT2D eigenvalue weighted by molar-refractivity contribution is 0.668. The number of fused-ring (bicyclic) bond motifs is 8. The number of rotatable bonds is 6. The minimum absolute atomic E-state index is 0.102. The Bertz CT molecular complexity index is 3860. The summed E-state index contributed by atoms with van der Waals surface area (Å²) in [6.07, 6.45) is 1.87. The summed E-state index contributed by atoms with van der Waals surface area (Å²) in [5.41, 5.74) is 12.4. The van der Waals surface area contributed by atoms with Gasteiger partial charge in [0.1, 0.15) is 22.3 Å². The Hall–Kier alpha value is -8.67. The third-order valence-corrected chi connectivity index (χ3v) is 12.3. The van der Waals surface area contributed by atoms with Crippen molar-refractivity contribution < 1.29 is 8.83 Å². The first-order valence-corrected chi connectivity index (χ1v) is 21.4. The van der Waals surface area contributed by atoms with Gasteiger partial charge in [0, 0.05) is 44.4 Å². The van der Waals surface area contributed by atoms with Crippen molar-refractivity contribution in [3.8, 4) is 33.4 Å². The Morgan fingerprint density at radius 2 is 1.06 bits per heavy atom. The van der Waals surface area contributed by atoms with Crippen LogP contribution < -0.4 is 0 Å². The Kier molecular flexibility index (Phi) is 8.90. The van der Waals surface area contributed by atoms with Crippen molar-refractivity contribution in [2.75, 3.05) is 0 Å². The molecule has 2 heterocycles. The van der Waals surface area contributed by atoms with Crippen LogP contribution in [0.5, 0.6) is 0 Å². The number of nitrogens with zero attached hydrogens (tertiary/aromatic N) is 2. The summed E-state index contributed by atoms with van der Waals surface area (Å²) in [7, 11) is 0. The third kappa shape index (κ3) is 6.46. The molecule has 0 saturated carbocycles. The van der Waals surface area contributed by atoms with Gasteiger partial charge in [-0.15, -0.1) is 0 Å². The quantitative estimate of drug-likeness (QED) is 0.134. The molecular formula is C59H37N3O2. The van der Waals surface area contributed by atoms with Gasteiger partial charge in [-0.2, -0.15) is 0 Å². The average Bonchev–Trinajstić information content (AvgIpc) is 3.94. The van der Waals surface area contributed by atoms with Gasteiger partial charge in [-0.3, -0.25) is 5.41 Å². The maximum atomic E-state index is 9.55. The van der Waals surface area contributed by atoms with Gasteiger partial charge in [0.05, 0.1) is 0 Å². The van der Waals surface area contributed by atoms with E-state index in [1.807, 2.05) is 66.9 Å². The van der Waals surface area contributed by atoms with E-state index in [2.05, 4.69) is 152 Å². The lowest BCUT2D eigenvalue weighted by Gasteiger charge is -2.10. The lowest BCUT2D eigenvalue weighted by Crippen LogP contribution is -2.05. The molecule has 0 amide bonds. The summed E-state index contributed by atoms with van der Waals surface area (Å²) in [5.74, 6) is 0.519. The minimum atomic E-state index is 0.102. The van der Waals surface area contributed by atoms with Crippen molar-refractivity contribution in [2.45, 2.75) is 0 Å². The third-order valence-electron chi connectivity index (χ3n) is 12.3. The van der Waals surface area contributed by atoms with Gasteiger partial charge in [0.25, 0.3) is 0 Å².